The van der Waals surface area contributed by atoms with Gasteiger partial charge in [0.1, 0.15) is 5.56 Å². The predicted octanol–water partition coefficient (Wildman–Crippen LogP) is 0.833. The number of nitrogens with one attached hydrogen (secondary N) is 1. The highest BCUT2D eigenvalue weighted by Crippen LogP contribution is 2.48. The second-order valence-corrected chi connectivity index (χ2v) is 7.67. The number of benzene rings is 1. The Kier molecular flexibility index (Phi) is 4.26. The average molecular weight is 369 g/mol. The summed E-state index contributed by atoms with van der Waals surface area (Å²) in [7, 11) is 1.49. The molecular formula is C20H23N3O4. The summed E-state index contributed by atoms with van der Waals surface area (Å²) in [5.74, 6) is -0.264. The van der Waals surface area contributed by atoms with Crippen molar-refractivity contribution in [2.75, 3.05) is 13.1 Å². The highest BCUT2D eigenvalue weighted by Gasteiger charge is 2.50. The maximum atomic E-state index is 12.9. The monoisotopic (exact) mass is 369 g/mol. The SMILES string of the molecule is Cn1cc(C(=O)N2C[C@@H]3CCC[C@@](O)(c4ccccc4)[C@@H]3C2)c(=O)[nH]c1=O. The minimum absolute atomic E-state index is 0.0426. The number of aliphatic hydroxyl groups is 1. The third kappa shape index (κ3) is 2.92. The average Bonchev–Trinajstić information content (AvgIpc) is 3.11. The summed E-state index contributed by atoms with van der Waals surface area (Å²) in [4.78, 5) is 40.4. The first-order valence-corrected chi connectivity index (χ1v) is 9.27. The van der Waals surface area contributed by atoms with Gasteiger partial charge in [-0.3, -0.25) is 14.6 Å². The molecule has 1 aliphatic heterocycles. The van der Waals surface area contributed by atoms with Crippen LogP contribution in [0.15, 0.2) is 46.1 Å². The molecule has 1 saturated carbocycles. The Morgan fingerprint density at radius 1 is 1.22 bits per heavy atom. The third-order valence-electron chi connectivity index (χ3n) is 6.09. The van der Waals surface area contributed by atoms with Crippen molar-refractivity contribution < 1.29 is 9.90 Å². The highest BCUT2D eigenvalue weighted by molar-refractivity contribution is 5.93. The number of hydrogen-bond acceptors (Lipinski definition) is 4. The van der Waals surface area contributed by atoms with Crippen molar-refractivity contribution in [3.8, 4) is 0 Å². The molecule has 2 fully saturated rings. The van der Waals surface area contributed by atoms with E-state index in [0.717, 1.165) is 18.4 Å². The summed E-state index contributed by atoms with van der Waals surface area (Å²) in [5, 5.41) is 11.5. The summed E-state index contributed by atoms with van der Waals surface area (Å²) in [6, 6.07) is 9.62. The molecule has 7 nitrogen and oxygen atoms in total. The van der Waals surface area contributed by atoms with E-state index in [4.69, 9.17) is 0 Å². The largest absolute Gasteiger partial charge is 0.385 e. The number of H-pyrrole nitrogens is 1. The lowest BCUT2D eigenvalue weighted by Crippen LogP contribution is -2.43. The van der Waals surface area contributed by atoms with Gasteiger partial charge in [-0.2, -0.15) is 0 Å². The molecule has 0 unspecified atom stereocenters. The molecule has 7 heteroatoms. The lowest BCUT2D eigenvalue weighted by Gasteiger charge is -2.41. The number of fused-ring (bicyclic) bond motifs is 1. The van der Waals surface area contributed by atoms with Crippen molar-refractivity contribution in [2.24, 2.45) is 18.9 Å². The Hall–Kier alpha value is -2.67. The molecule has 1 saturated heterocycles. The molecule has 2 aromatic rings. The van der Waals surface area contributed by atoms with Crippen LogP contribution in [0.4, 0.5) is 0 Å². The van der Waals surface area contributed by atoms with Gasteiger partial charge in [-0.25, -0.2) is 4.79 Å². The molecule has 27 heavy (non-hydrogen) atoms. The van der Waals surface area contributed by atoms with Crippen molar-refractivity contribution >= 4 is 5.91 Å². The van der Waals surface area contributed by atoms with E-state index >= 15 is 0 Å². The van der Waals surface area contributed by atoms with Gasteiger partial charge in [-0.05, 0) is 30.7 Å². The Labute approximate surface area is 156 Å². The Bertz CT molecular complexity index is 981. The van der Waals surface area contributed by atoms with Crippen LogP contribution in [0.25, 0.3) is 0 Å². The number of amides is 1. The maximum absolute atomic E-state index is 12.9. The number of hydrogen-bond donors (Lipinski definition) is 2. The number of likely N-dealkylation sites (tertiary alicyclic amines) is 1. The first-order valence-electron chi connectivity index (χ1n) is 9.27. The van der Waals surface area contributed by atoms with Crippen LogP contribution in [-0.2, 0) is 12.6 Å². The minimum Gasteiger partial charge on any atom is -0.385 e. The van der Waals surface area contributed by atoms with Gasteiger partial charge in [-0.1, -0.05) is 30.3 Å². The number of nitrogens with zero attached hydrogens (tertiary/aromatic N) is 2. The fraction of sp³-hybridized carbons (Fsp3) is 0.450. The number of aromatic nitrogens is 2. The second kappa shape index (κ2) is 6.49. The standard InChI is InChI=1S/C20H23N3O4/c1-22-11-15(17(24)21-19(22)26)18(25)23-10-13-6-5-9-20(27,16(13)12-23)14-7-3-2-4-8-14/h2-4,7-8,11,13,16,27H,5-6,9-10,12H2,1H3,(H,21,24,26)/t13-,16+,20+/m0/s1. The van der Waals surface area contributed by atoms with E-state index in [9.17, 15) is 19.5 Å². The smallest absolute Gasteiger partial charge is 0.328 e. The number of aryl methyl sites for hydroxylation is 1. The van der Waals surface area contributed by atoms with E-state index in [2.05, 4.69) is 4.98 Å². The third-order valence-corrected chi connectivity index (χ3v) is 6.09. The van der Waals surface area contributed by atoms with Crippen LogP contribution < -0.4 is 11.2 Å². The van der Waals surface area contributed by atoms with Gasteiger partial charge < -0.3 is 14.6 Å². The number of rotatable bonds is 2. The molecule has 0 bridgehead atoms. The quantitative estimate of drug-likeness (QED) is 0.820. The van der Waals surface area contributed by atoms with Crippen LogP contribution in [0, 0.1) is 11.8 Å². The molecule has 2 heterocycles. The van der Waals surface area contributed by atoms with Crippen LogP contribution in [0.5, 0.6) is 0 Å². The van der Waals surface area contributed by atoms with Crippen LogP contribution in [0.2, 0.25) is 0 Å². The van der Waals surface area contributed by atoms with Crippen molar-refractivity contribution in [2.45, 2.75) is 24.9 Å². The zero-order chi connectivity index (χ0) is 19.2. The van der Waals surface area contributed by atoms with E-state index in [-0.39, 0.29) is 17.4 Å². The zero-order valence-electron chi connectivity index (χ0n) is 15.2. The van der Waals surface area contributed by atoms with Crippen LogP contribution in [0.1, 0.15) is 35.2 Å². The van der Waals surface area contributed by atoms with Gasteiger partial charge in [0.05, 0.1) is 5.60 Å². The first kappa shape index (κ1) is 17.7. The van der Waals surface area contributed by atoms with Gasteiger partial charge in [0.2, 0.25) is 0 Å². The van der Waals surface area contributed by atoms with Crippen LogP contribution >= 0.6 is 0 Å². The molecule has 0 spiro atoms. The van der Waals surface area contributed by atoms with Crippen LogP contribution in [0.3, 0.4) is 0 Å². The highest BCUT2D eigenvalue weighted by atomic mass is 16.3. The Balaban J connectivity index is 1.64. The zero-order valence-corrected chi connectivity index (χ0v) is 15.2. The molecule has 4 rings (SSSR count). The summed E-state index contributed by atoms with van der Waals surface area (Å²) in [5.41, 5.74) is -1.34. The fourth-order valence-electron chi connectivity index (χ4n) is 4.66. The summed E-state index contributed by atoms with van der Waals surface area (Å²) in [6.07, 6.45) is 3.80. The molecule has 2 aliphatic rings. The lowest BCUT2D eigenvalue weighted by molar-refractivity contribution is -0.0644. The number of carbonyl (C=O) groups is 1. The van der Waals surface area contributed by atoms with Gasteiger partial charge in [0.25, 0.3) is 11.5 Å². The van der Waals surface area contributed by atoms with Crippen LogP contribution in [-0.4, -0.2) is 38.6 Å². The Morgan fingerprint density at radius 3 is 2.70 bits per heavy atom. The summed E-state index contributed by atoms with van der Waals surface area (Å²) in [6.45, 7) is 0.915. The summed E-state index contributed by atoms with van der Waals surface area (Å²) >= 11 is 0. The molecule has 1 aromatic heterocycles. The van der Waals surface area contributed by atoms with E-state index in [1.807, 2.05) is 30.3 Å². The van der Waals surface area contributed by atoms with Gasteiger partial charge in [0.15, 0.2) is 0 Å². The van der Waals surface area contributed by atoms with Crippen molar-refractivity contribution in [3.63, 3.8) is 0 Å². The van der Waals surface area contributed by atoms with Crippen molar-refractivity contribution in [3.05, 3.63) is 68.5 Å². The molecule has 142 valence electrons. The van der Waals surface area contributed by atoms with Gasteiger partial charge in [0, 0.05) is 32.3 Å². The van der Waals surface area contributed by atoms with E-state index in [1.165, 1.54) is 17.8 Å². The molecular weight excluding hydrogens is 346 g/mol. The number of carbonyl (C=O) groups excluding carboxylic acids is 1. The fourth-order valence-corrected chi connectivity index (χ4v) is 4.66. The predicted molar refractivity (Wildman–Crippen MR) is 99.4 cm³/mol. The lowest BCUT2D eigenvalue weighted by atomic mass is 9.67. The molecule has 2 N–H and O–H groups in total. The van der Waals surface area contributed by atoms with Crippen molar-refractivity contribution in [1.82, 2.24) is 14.5 Å². The molecule has 0 radical (unpaired) electrons. The molecule has 1 aromatic carbocycles. The maximum Gasteiger partial charge on any atom is 0.328 e. The minimum atomic E-state index is -0.963. The van der Waals surface area contributed by atoms with E-state index in [1.54, 1.807) is 4.90 Å². The first-order chi connectivity index (χ1) is 12.9. The van der Waals surface area contributed by atoms with E-state index < -0.39 is 22.8 Å². The van der Waals surface area contributed by atoms with Crippen molar-refractivity contribution in [1.29, 1.82) is 0 Å². The topological polar surface area (TPSA) is 95.4 Å². The van der Waals surface area contributed by atoms with Gasteiger partial charge in [-0.15, -0.1) is 0 Å². The molecule has 3 atom stereocenters. The van der Waals surface area contributed by atoms with Gasteiger partial charge >= 0.3 is 5.69 Å². The second-order valence-electron chi connectivity index (χ2n) is 7.67. The van der Waals surface area contributed by atoms with E-state index in [0.29, 0.717) is 19.5 Å². The number of aromatic amines is 1. The Morgan fingerprint density at radius 2 is 1.96 bits per heavy atom. The summed E-state index contributed by atoms with van der Waals surface area (Å²) < 4.78 is 1.19. The normalized spacial score (nSPS) is 27.4. The molecule has 1 aliphatic carbocycles. The molecule has 1 amide bonds.